The topological polar surface area (TPSA) is 79.8 Å². The summed E-state index contributed by atoms with van der Waals surface area (Å²) >= 11 is 0. The number of nitrogens with zero attached hydrogens (tertiary/aromatic N) is 3. The number of nitriles is 1. The van der Waals surface area contributed by atoms with Crippen molar-refractivity contribution in [2.45, 2.75) is 6.42 Å². The van der Waals surface area contributed by atoms with Crippen molar-refractivity contribution in [2.24, 2.45) is 0 Å². The van der Waals surface area contributed by atoms with E-state index in [1.807, 2.05) is 18.2 Å². The van der Waals surface area contributed by atoms with Crippen LogP contribution in [-0.4, -0.2) is 9.91 Å². The summed E-state index contributed by atoms with van der Waals surface area (Å²) in [7, 11) is 0. The molecule has 1 aromatic carbocycles. The highest BCUT2D eigenvalue weighted by Crippen LogP contribution is 2.22. The average molecular weight is 239 g/mol. The number of hydrogen-bond acceptors (Lipinski definition) is 4. The molecule has 2 aromatic rings. The minimum absolute atomic E-state index is 0.0223. The standard InChI is InChI=1S/C13H9N3O2/c14-9-11-1-2-12(13(8-11)16(17)18)7-10-3-5-15-6-4-10/h1-6,8H,7H2. The third-order valence-electron chi connectivity index (χ3n) is 2.56. The van der Waals surface area contributed by atoms with Gasteiger partial charge in [0.05, 0.1) is 16.6 Å². The van der Waals surface area contributed by atoms with Crippen molar-refractivity contribution < 1.29 is 4.92 Å². The first-order chi connectivity index (χ1) is 8.70. The zero-order chi connectivity index (χ0) is 13.0. The highest BCUT2D eigenvalue weighted by atomic mass is 16.6. The van der Waals surface area contributed by atoms with Gasteiger partial charge in [0.1, 0.15) is 0 Å². The fourth-order valence-electron chi connectivity index (χ4n) is 1.67. The van der Waals surface area contributed by atoms with Gasteiger partial charge in [-0.15, -0.1) is 0 Å². The van der Waals surface area contributed by atoms with E-state index in [-0.39, 0.29) is 5.69 Å². The number of nitro groups is 1. The van der Waals surface area contributed by atoms with Crippen LogP contribution in [-0.2, 0) is 6.42 Å². The van der Waals surface area contributed by atoms with Crippen LogP contribution >= 0.6 is 0 Å². The lowest BCUT2D eigenvalue weighted by Gasteiger charge is -2.03. The van der Waals surface area contributed by atoms with Crippen LogP contribution in [0.2, 0.25) is 0 Å². The molecule has 1 heterocycles. The molecule has 0 aliphatic rings. The van der Waals surface area contributed by atoms with Crippen molar-refractivity contribution in [3.05, 3.63) is 69.5 Å². The van der Waals surface area contributed by atoms with E-state index in [2.05, 4.69) is 4.98 Å². The lowest BCUT2D eigenvalue weighted by molar-refractivity contribution is -0.385. The Balaban J connectivity index is 2.39. The maximum Gasteiger partial charge on any atom is 0.274 e. The highest BCUT2D eigenvalue weighted by molar-refractivity contribution is 5.48. The van der Waals surface area contributed by atoms with Crippen LogP contribution < -0.4 is 0 Å². The van der Waals surface area contributed by atoms with E-state index in [1.165, 1.54) is 6.07 Å². The van der Waals surface area contributed by atoms with Gasteiger partial charge < -0.3 is 0 Å². The molecule has 5 nitrogen and oxygen atoms in total. The van der Waals surface area contributed by atoms with Gasteiger partial charge in [0.15, 0.2) is 0 Å². The van der Waals surface area contributed by atoms with Crippen LogP contribution in [0.25, 0.3) is 0 Å². The molecule has 88 valence electrons. The molecule has 2 rings (SSSR count). The molecular formula is C13H9N3O2. The zero-order valence-corrected chi connectivity index (χ0v) is 9.41. The summed E-state index contributed by atoms with van der Waals surface area (Å²) in [6.07, 6.45) is 3.74. The minimum atomic E-state index is -0.461. The zero-order valence-electron chi connectivity index (χ0n) is 9.41. The molecule has 0 unspecified atom stereocenters. The third-order valence-corrected chi connectivity index (χ3v) is 2.56. The van der Waals surface area contributed by atoms with Gasteiger partial charge in [-0.1, -0.05) is 6.07 Å². The lowest BCUT2D eigenvalue weighted by Crippen LogP contribution is -1.97. The molecule has 0 amide bonds. The predicted octanol–water partition coefficient (Wildman–Crippen LogP) is 2.45. The molecule has 0 N–H and O–H groups in total. The Morgan fingerprint density at radius 3 is 2.61 bits per heavy atom. The number of aromatic nitrogens is 1. The van der Waals surface area contributed by atoms with Gasteiger partial charge in [-0.2, -0.15) is 5.26 Å². The Bertz CT molecular complexity index is 618. The molecule has 18 heavy (non-hydrogen) atoms. The smallest absolute Gasteiger partial charge is 0.265 e. The summed E-state index contributed by atoms with van der Waals surface area (Å²) in [4.78, 5) is 14.4. The van der Waals surface area contributed by atoms with E-state index in [4.69, 9.17) is 5.26 Å². The Morgan fingerprint density at radius 2 is 2.00 bits per heavy atom. The molecule has 0 bridgehead atoms. The first-order valence-corrected chi connectivity index (χ1v) is 5.27. The predicted molar refractivity (Wildman–Crippen MR) is 64.9 cm³/mol. The largest absolute Gasteiger partial charge is 0.274 e. The van der Waals surface area contributed by atoms with Crippen molar-refractivity contribution in [1.29, 1.82) is 5.26 Å². The minimum Gasteiger partial charge on any atom is -0.265 e. The highest BCUT2D eigenvalue weighted by Gasteiger charge is 2.14. The number of pyridine rings is 1. The summed E-state index contributed by atoms with van der Waals surface area (Å²) in [5.41, 5.74) is 1.80. The van der Waals surface area contributed by atoms with Crippen LogP contribution in [0.15, 0.2) is 42.7 Å². The second-order valence-corrected chi connectivity index (χ2v) is 3.74. The van der Waals surface area contributed by atoms with Gasteiger partial charge in [0.2, 0.25) is 0 Å². The molecule has 5 heteroatoms. The Labute approximate surface area is 103 Å². The van der Waals surface area contributed by atoms with E-state index in [1.54, 1.807) is 24.5 Å². The molecule has 0 saturated heterocycles. The van der Waals surface area contributed by atoms with Crippen molar-refractivity contribution >= 4 is 5.69 Å². The normalized spacial score (nSPS) is 9.72. The Kier molecular flexibility index (Phi) is 3.30. The average Bonchev–Trinajstić information content (AvgIpc) is 2.40. The van der Waals surface area contributed by atoms with Crippen molar-refractivity contribution in [1.82, 2.24) is 4.98 Å². The fourth-order valence-corrected chi connectivity index (χ4v) is 1.67. The molecule has 0 fully saturated rings. The van der Waals surface area contributed by atoms with Gasteiger partial charge in [-0.05, 0) is 23.8 Å². The molecule has 0 radical (unpaired) electrons. The molecule has 0 atom stereocenters. The number of hydrogen-bond donors (Lipinski definition) is 0. The van der Waals surface area contributed by atoms with E-state index < -0.39 is 4.92 Å². The van der Waals surface area contributed by atoms with Crippen molar-refractivity contribution in [3.63, 3.8) is 0 Å². The second-order valence-electron chi connectivity index (χ2n) is 3.74. The summed E-state index contributed by atoms with van der Waals surface area (Å²) in [6.45, 7) is 0. The van der Waals surface area contributed by atoms with Crippen molar-refractivity contribution in [2.75, 3.05) is 0 Å². The van der Waals surface area contributed by atoms with Gasteiger partial charge in [-0.25, -0.2) is 0 Å². The van der Waals surface area contributed by atoms with Gasteiger partial charge in [0.25, 0.3) is 5.69 Å². The first-order valence-electron chi connectivity index (χ1n) is 5.27. The van der Waals surface area contributed by atoms with E-state index in [0.717, 1.165) is 5.56 Å². The van der Waals surface area contributed by atoms with E-state index in [0.29, 0.717) is 17.5 Å². The number of nitro benzene ring substituents is 1. The van der Waals surface area contributed by atoms with Crippen LogP contribution in [0.3, 0.4) is 0 Å². The fraction of sp³-hybridized carbons (Fsp3) is 0.0769. The third kappa shape index (κ3) is 2.50. The van der Waals surface area contributed by atoms with Gasteiger partial charge in [-0.3, -0.25) is 15.1 Å². The van der Waals surface area contributed by atoms with Crippen LogP contribution in [0.4, 0.5) is 5.69 Å². The maximum atomic E-state index is 11.0. The summed E-state index contributed by atoms with van der Waals surface area (Å²) in [5.74, 6) is 0. The Hall–Kier alpha value is -2.74. The molecular weight excluding hydrogens is 230 g/mol. The van der Waals surface area contributed by atoms with Crippen molar-refractivity contribution in [3.8, 4) is 6.07 Å². The lowest BCUT2D eigenvalue weighted by atomic mass is 10.0. The molecule has 0 aliphatic heterocycles. The van der Waals surface area contributed by atoms with E-state index in [9.17, 15) is 10.1 Å². The molecule has 0 saturated carbocycles. The molecule has 0 spiro atoms. The second kappa shape index (κ2) is 5.06. The monoisotopic (exact) mass is 239 g/mol. The molecule has 1 aromatic heterocycles. The summed E-state index contributed by atoms with van der Waals surface area (Å²) in [6, 6.07) is 10.0. The summed E-state index contributed by atoms with van der Waals surface area (Å²) in [5, 5.41) is 19.7. The van der Waals surface area contributed by atoms with Crippen LogP contribution in [0.1, 0.15) is 16.7 Å². The van der Waals surface area contributed by atoms with Gasteiger partial charge in [0, 0.05) is 30.4 Å². The number of rotatable bonds is 3. The number of benzene rings is 1. The quantitative estimate of drug-likeness (QED) is 0.608. The summed E-state index contributed by atoms with van der Waals surface area (Å²) < 4.78 is 0. The SMILES string of the molecule is N#Cc1ccc(Cc2ccncc2)c([N+](=O)[O-])c1. The molecule has 0 aliphatic carbocycles. The van der Waals surface area contributed by atoms with E-state index >= 15 is 0 Å². The maximum absolute atomic E-state index is 11.0. The van der Waals surface area contributed by atoms with Crippen LogP contribution in [0, 0.1) is 21.4 Å². The first kappa shape index (κ1) is 11.7. The Morgan fingerprint density at radius 1 is 1.28 bits per heavy atom. The van der Waals surface area contributed by atoms with Crippen LogP contribution in [0.5, 0.6) is 0 Å². The van der Waals surface area contributed by atoms with Gasteiger partial charge >= 0.3 is 0 Å².